The van der Waals surface area contributed by atoms with Crippen LogP contribution in [0.3, 0.4) is 0 Å². The molecule has 1 atom stereocenters. The van der Waals surface area contributed by atoms with Gasteiger partial charge in [0.2, 0.25) is 0 Å². The lowest BCUT2D eigenvalue weighted by Gasteiger charge is -2.33. The maximum atomic E-state index is 5.65. The first kappa shape index (κ1) is 14.4. The molecule has 21 heavy (non-hydrogen) atoms. The predicted octanol–water partition coefficient (Wildman–Crippen LogP) is 3.50. The van der Waals surface area contributed by atoms with Gasteiger partial charge in [-0.05, 0) is 57.1 Å². The summed E-state index contributed by atoms with van der Waals surface area (Å²) in [5, 5.41) is 3.51. The molecular formula is C17H24N2O2. The van der Waals surface area contributed by atoms with E-state index in [1.165, 1.54) is 19.3 Å². The summed E-state index contributed by atoms with van der Waals surface area (Å²) in [6.45, 7) is 5.94. The van der Waals surface area contributed by atoms with Crippen LogP contribution < -0.4 is 5.32 Å². The smallest absolute Gasteiger partial charge is 0.122 e. The molecule has 3 rings (SSSR count). The van der Waals surface area contributed by atoms with E-state index in [0.717, 1.165) is 43.5 Å². The first-order valence-electron chi connectivity index (χ1n) is 7.86. The van der Waals surface area contributed by atoms with Crippen molar-refractivity contribution in [2.45, 2.75) is 38.8 Å². The van der Waals surface area contributed by atoms with E-state index in [4.69, 9.17) is 8.83 Å². The number of aryl methyl sites for hydroxylation is 1. The Balaban J connectivity index is 1.59. The Bertz CT molecular complexity index is 527. The van der Waals surface area contributed by atoms with Crippen LogP contribution in [0, 0.1) is 6.92 Å². The molecule has 0 radical (unpaired) electrons. The zero-order valence-corrected chi connectivity index (χ0v) is 12.7. The van der Waals surface area contributed by atoms with Gasteiger partial charge in [-0.2, -0.15) is 0 Å². The largest absolute Gasteiger partial charge is 0.468 e. The van der Waals surface area contributed by atoms with Crippen LogP contribution >= 0.6 is 0 Å². The molecule has 0 aliphatic carbocycles. The Morgan fingerprint density at radius 2 is 2.05 bits per heavy atom. The fourth-order valence-electron chi connectivity index (χ4n) is 3.03. The number of nitrogens with one attached hydrogen (secondary N) is 1. The lowest BCUT2D eigenvalue weighted by molar-refractivity contribution is 0.142. The molecule has 0 spiro atoms. The van der Waals surface area contributed by atoms with Crippen LogP contribution in [0.2, 0.25) is 0 Å². The number of furan rings is 2. The molecule has 4 heteroatoms. The number of hydrogen-bond acceptors (Lipinski definition) is 4. The van der Waals surface area contributed by atoms with Gasteiger partial charge < -0.3 is 14.2 Å². The Labute approximate surface area is 126 Å². The summed E-state index contributed by atoms with van der Waals surface area (Å²) in [4.78, 5) is 2.53. The topological polar surface area (TPSA) is 41.6 Å². The molecule has 1 fully saturated rings. The lowest BCUT2D eigenvalue weighted by Crippen LogP contribution is -2.38. The van der Waals surface area contributed by atoms with Crippen molar-refractivity contribution in [3.63, 3.8) is 0 Å². The van der Waals surface area contributed by atoms with Crippen LogP contribution in [0.25, 0.3) is 0 Å². The van der Waals surface area contributed by atoms with E-state index < -0.39 is 0 Å². The monoisotopic (exact) mass is 288 g/mol. The number of nitrogens with zero attached hydrogens (tertiary/aromatic N) is 1. The van der Waals surface area contributed by atoms with Gasteiger partial charge in [-0.25, -0.2) is 0 Å². The van der Waals surface area contributed by atoms with Crippen LogP contribution in [-0.2, 0) is 6.54 Å². The molecule has 0 saturated carbocycles. The Kier molecular flexibility index (Phi) is 4.78. The molecular weight excluding hydrogens is 264 g/mol. The van der Waals surface area contributed by atoms with Gasteiger partial charge in [0.25, 0.3) is 0 Å². The third kappa shape index (κ3) is 3.77. The third-order valence-corrected chi connectivity index (χ3v) is 4.14. The Morgan fingerprint density at radius 1 is 1.19 bits per heavy atom. The van der Waals surface area contributed by atoms with Crippen molar-refractivity contribution in [1.29, 1.82) is 0 Å². The number of hydrogen-bond donors (Lipinski definition) is 1. The maximum absolute atomic E-state index is 5.65. The van der Waals surface area contributed by atoms with Gasteiger partial charge in [0.15, 0.2) is 0 Å². The fraction of sp³-hybridized carbons (Fsp3) is 0.529. The number of likely N-dealkylation sites (tertiary alicyclic amines) is 1. The zero-order chi connectivity index (χ0) is 14.5. The second kappa shape index (κ2) is 6.96. The van der Waals surface area contributed by atoms with E-state index in [1.54, 1.807) is 6.26 Å². The standard InChI is InChI=1S/C17H24N2O2/c1-14-7-8-15(21-14)12-18-13-16(17-6-5-11-20-17)19-9-3-2-4-10-19/h5-8,11,16,18H,2-4,9-10,12-13H2,1H3. The predicted molar refractivity (Wildman–Crippen MR) is 82.0 cm³/mol. The Hall–Kier alpha value is -1.52. The molecule has 1 aliphatic heterocycles. The van der Waals surface area contributed by atoms with E-state index >= 15 is 0 Å². The minimum absolute atomic E-state index is 0.316. The molecule has 2 aromatic rings. The maximum Gasteiger partial charge on any atom is 0.122 e. The van der Waals surface area contributed by atoms with Crippen molar-refractivity contribution in [3.05, 3.63) is 47.8 Å². The highest BCUT2D eigenvalue weighted by Crippen LogP contribution is 2.24. The van der Waals surface area contributed by atoms with Crippen molar-refractivity contribution < 1.29 is 8.83 Å². The summed E-state index contributed by atoms with van der Waals surface area (Å²) < 4.78 is 11.3. The van der Waals surface area contributed by atoms with Gasteiger partial charge in [0.05, 0.1) is 18.8 Å². The van der Waals surface area contributed by atoms with Gasteiger partial charge in [0.1, 0.15) is 17.3 Å². The molecule has 114 valence electrons. The van der Waals surface area contributed by atoms with Crippen LogP contribution in [0.4, 0.5) is 0 Å². The van der Waals surface area contributed by atoms with Crippen LogP contribution in [0.1, 0.15) is 42.6 Å². The van der Waals surface area contributed by atoms with Gasteiger partial charge in [-0.3, -0.25) is 4.90 Å². The van der Waals surface area contributed by atoms with Gasteiger partial charge >= 0.3 is 0 Å². The van der Waals surface area contributed by atoms with E-state index in [2.05, 4.69) is 16.3 Å². The van der Waals surface area contributed by atoms with Crippen molar-refractivity contribution in [1.82, 2.24) is 10.2 Å². The third-order valence-electron chi connectivity index (χ3n) is 4.14. The second-order valence-corrected chi connectivity index (χ2v) is 5.77. The highest BCUT2D eigenvalue weighted by Gasteiger charge is 2.24. The molecule has 0 aromatic carbocycles. The van der Waals surface area contributed by atoms with E-state index in [0.29, 0.717) is 6.04 Å². The van der Waals surface area contributed by atoms with E-state index in [9.17, 15) is 0 Å². The normalized spacial score (nSPS) is 18.0. The summed E-state index contributed by atoms with van der Waals surface area (Å²) >= 11 is 0. The minimum Gasteiger partial charge on any atom is -0.468 e. The molecule has 1 N–H and O–H groups in total. The van der Waals surface area contributed by atoms with Crippen molar-refractivity contribution in [3.8, 4) is 0 Å². The van der Waals surface area contributed by atoms with E-state index in [-0.39, 0.29) is 0 Å². The first-order valence-corrected chi connectivity index (χ1v) is 7.86. The number of piperidine rings is 1. The SMILES string of the molecule is Cc1ccc(CNCC(c2ccco2)N2CCCCC2)o1. The van der Waals surface area contributed by atoms with Crippen molar-refractivity contribution in [2.75, 3.05) is 19.6 Å². The second-order valence-electron chi connectivity index (χ2n) is 5.77. The van der Waals surface area contributed by atoms with Crippen molar-refractivity contribution >= 4 is 0 Å². The molecule has 4 nitrogen and oxygen atoms in total. The summed E-state index contributed by atoms with van der Waals surface area (Å²) in [6, 6.07) is 8.41. The van der Waals surface area contributed by atoms with Gasteiger partial charge in [-0.1, -0.05) is 6.42 Å². The van der Waals surface area contributed by atoms with Gasteiger partial charge in [0, 0.05) is 6.54 Å². The summed E-state index contributed by atoms with van der Waals surface area (Å²) in [5.74, 6) is 3.01. The molecule has 3 heterocycles. The average molecular weight is 288 g/mol. The van der Waals surface area contributed by atoms with E-state index in [1.807, 2.05) is 25.1 Å². The first-order chi connectivity index (χ1) is 10.3. The lowest BCUT2D eigenvalue weighted by atomic mass is 10.1. The van der Waals surface area contributed by atoms with Crippen LogP contribution in [0.15, 0.2) is 39.4 Å². The quantitative estimate of drug-likeness (QED) is 0.883. The Morgan fingerprint density at radius 3 is 2.71 bits per heavy atom. The molecule has 1 saturated heterocycles. The zero-order valence-electron chi connectivity index (χ0n) is 12.7. The summed E-state index contributed by atoms with van der Waals surface area (Å²) in [6.07, 6.45) is 5.69. The summed E-state index contributed by atoms with van der Waals surface area (Å²) in [5.41, 5.74) is 0. The highest BCUT2D eigenvalue weighted by molar-refractivity contribution is 5.07. The van der Waals surface area contributed by atoms with Crippen LogP contribution in [-0.4, -0.2) is 24.5 Å². The molecule has 1 aliphatic rings. The minimum atomic E-state index is 0.316. The molecule has 0 amide bonds. The van der Waals surface area contributed by atoms with Crippen molar-refractivity contribution in [2.24, 2.45) is 0 Å². The van der Waals surface area contributed by atoms with Gasteiger partial charge in [-0.15, -0.1) is 0 Å². The molecule has 1 unspecified atom stereocenters. The number of rotatable bonds is 6. The summed E-state index contributed by atoms with van der Waals surface area (Å²) in [7, 11) is 0. The molecule has 0 bridgehead atoms. The fourth-order valence-corrected chi connectivity index (χ4v) is 3.03. The van der Waals surface area contributed by atoms with Crippen LogP contribution in [0.5, 0.6) is 0 Å². The highest BCUT2D eigenvalue weighted by atomic mass is 16.3. The molecule has 2 aromatic heterocycles. The average Bonchev–Trinajstić information content (AvgIpc) is 3.16.